The third kappa shape index (κ3) is 1.35. The summed E-state index contributed by atoms with van der Waals surface area (Å²) < 4.78 is 0. The number of hydrogen-bond acceptors (Lipinski definition) is 2. The van der Waals surface area contributed by atoms with Crippen molar-refractivity contribution in [3.05, 3.63) is 0 Å². The Kier molecular flexibility index (Phi) is 2.28. The van der Waals surface area contributed by atoms with Gasteiger partial charge in [-0.15, -0.1) is 0 Å². The predicted molar refractivity (Wildman–Crippen MR) is 51.1 cm³/mol. The van der Waals surface area contributed by atoms with E-state index in [1.807, 2.05) is 0 Å². The van der Waals surface area contributed by atoms with Gasteiger partial charge < -0.3 is 11.1 Å². The van der Waals surface area contributed by atoms with Crippen molar-refractivity contribution in [3.63, 3.8) is 0 Å². The van der Waals surface area contributed by atoms with E-state index in [2.05, 4.69) is 5.32 Å². The Balaban J connectivity index is 2.06. The average Bonchev–Trinajstić information content (AvgIpc) is 2.03. The number of nitrogens with two attached hydrogens (primary N) is 1. The predicted octanol–water partition coefficient (Wildman–Crippen LogP) is 0.784. The smallest absolute Gasteiger partial charge is 0.225 e. The standard InChI is InChI=1S/C10H18N2O/c11-9(13)10(5-3-6-10)8-4-1-2-7-12-8/h8,12H,1-7H2,(H2,11,13). The monoisotopic (exact) mass is 182 g/mol. The van der Waals surface area contributed by atoms with Crippen LogP contribution in [0.5, 0.6) is 0 Å². The van der Waals surface area contributed by atoms with Gasteiger partial charge in [0.1, 0.15) is 0 Å². The Morgan fingerprint density at radius 2 is 2.08 bits per heavy atom. The van der Waals surface area contributed by atoms with E-state index in [-0.39, 0.29) is 11.3 Å². The molecule has 1 saturated heterocycles. The summed E-state index contributed by atoms with van der Waals surface area (Å²) in [5.41, 5.74) is 5.30. The molecule has 0 aromatic carbocycles. The molecule has 1 atom stereocenters. The second kappa shape index (κ2) is 3.29. The summed E-state index contributed by atoms with van der Waals surface area (Å²) in [5, 5.41) is 3.44. The molecule has 2 aliphatic rings. The first-order valence-electron chi connectivity index (χ1n) is 5.29. The Labute approximate surface area is 79.1 Å². The fourth-order valence-electron chi connectivity index (χ4n) is 2.65. The van der Waals surface area contributed by atoms with Crippen LogP contribution in [0.15, 0.2) is 0 Å². The minimum absolute atomic E-state index is 0.0850. The number of amides is 1. The van der Waals surface area contributed by atoms with E-state index in [9.17, 15) is 4.79 Å². The number of piperidine rings is 1. The lowest BCUT2D eigenvalue weighted by Crippen LogP contribution is -2.57. The molecule has 0 aromatic rings. The summed E-state index contributed by atoms with van der Waals surface area (Å²) in [5.74, 6) is -0.0850. The topological polar surface area (TPSA) is 55.1 Å². The highest BCUT2D eigenvalue weighted by atomic mass is 16.1. The molecule has 1 amide bonds. The first kappa shape index (κ1) is 9.00. The molecule has 3 N–H and O–H groups in total. The molecule has 2 rings (SSSR count). The number of carbonyl (C=O) groups is 1. The summed E-state index contributed by atoms with van der Waals surface area (Å²) in [6.07, 6.45) is 6.78. The highest BCUT2D eigenvalue weighted by Crippen LogP contribution is 2.45. The number of hydrogen-bond donors (Lipinski definition) is 2. The van der Waals surface area contributed by atoms with Gasteiger partial charge in [0.25, 0.3) is 0 Å². The van der Waals surface area contributed by atoms with Gasteiger partial charge in [0.2, 0.25) is 5.91 Å². The molecule has 1 unspecified atom stereocenters. The van der Waals surface area contributed by atoms with Crippen LogP contribution in [-0.2, 0) is 4.79 Å². The first-order valence-corrected chi connectivity index (χ1v) is 5.29. The van der Waals surface area contributed by atoms with Crippen LogP contribution >= 0.6 is 0 Å². The largest absolute Gasteiger partial charge is 0.369 e. The van der Waals surface area contributed by atoms with Crippen molar-refractivity contribution in [1.82, 2.24) is 5.32 Å². The average molecular weight is 182 g/mol. The van der Waals surface area contributed by atoms with Crippen LogP contribution in [0.3, 0.4) is 0 Å². The molecule has 1 aliphatic carbocycles. The van der Waals surface area contributed by atoms with E-state index in [0.29, 0.717) is 6.04 Å². The summed E-state index contributed by atoms with van der Waals surface area (Å²) in [4.78, 5) is 11.4. The molecule has 2 fully saturated rings. The van der Waals surface area contributed by atoms with Crippen molar-refractivity contribution in [1.29, 1.82) is 0 Å². The first-order chi connectivity index (χ1) is 6.26. The van der Waals surface area contributed by atoms with Gasteiger partial charge in [-0.1, -0.05) is 12.8 Å². The van der Waals surface area contributed by atoms with Gasteiger partial charge in [-0.3, -0.25) is 4.79 Å². The molecule has 3 nitrogen and oxygen atoms in total. The van der Waals surface area contributed by atoms with Crippen LogP contribution < -0.4 is 11.1 Å². The van der Waals surface area contributed by atoms with E-state index >= 15 is 0 Å². The molecule has 0 radical (unpaired) electrons. The maximum atomic E-state index is 11.4. The quantitative estimate of drug-likeness (QED) is 0.663. The van der Waals surface area contributed by atoms with Crippen molar-refractivity contribution in [2.24, 2.45) is 11.1 Å². The van der Waals surface area contributed by atoms with E-state index in [4.69, 9.17) is 5.73 Å². The van der Waals surface area contributed by atoms with Crippen molar-refractivity contribution in [2.75, 3.05) is 6.54 Å². The highest BCUT2D eigenvalue weighted by Gasteiger charge is 2.48. The zero-order valence-corrected chi connectivity index (χ0v) is 8.01. The van der Waals surface area contributed by atoms with Gasteiger partial charge in [-0.25, -0.2) is 0 Å². The molecule has 0 aromatic heterocycles. The third-order valence-corrected chi connectivity index (χ3v) is 3.71. The van der Waals surface area contributed by atoms with E-state index in [1.54, 1.807) is 0 Å². The Bertz CT molecular complexity index is 205. The van der Waals surface area contributed by atoms with Crippen LogP contribution in [0.4, 0.5) is 0 Å². The van der Waals surface area contributed by atoms with Crippen molar-refractivity contribution in [3.8, 4) is 0 Å². The molecule has 1 heterocycles. The molecule has 1 aliphatic heterocycles. The van der Waals surface area contributed by atoms with Gasteiger partial charge in [0, 0.05) is 6.04 Å². The molecule has 3 heteroatoms. The lowest BCUT2D eigenvalue weighted by molar-refractivity contribution is -0.135. The maximum absolute atomic E-state index is 11.4. The fraction of sp³-hybridized carbons (Fsp3) is 0.900. The zero-order valence-electron chi connectivity index (χ0n) is 8.01. The van der Waals surface area contributed by atoms with Crippen molar-refractivity contribution >= 4 is 5.91 Å². The van der Waals surface area contributed by atoms with Crippen molar-refractivity contribution in [2.45, 2.75) is 44.6 Å². The normalized spacial score (nSPS) is 32.2. The molecule has 0 spiro atoms. The third-order valence-electron chi connectivity index (χ3n) is 3.71. The summed E-state index contributed by atoms with van der Waals surface area (Å²) in [7, 11) is 0. The van der Waals surface area contributed by atoms with Crippen LogP contribution in [0.2, 0.25) is 0 Å². The Hall–Kier alpha value is -0.570. The Morgan fingerprint density at radius 3 is 2.46 bits per heavy atom. The van der Waals surface area contributed by atoms with Crippen LogP contribution in [0.25, 0.3) is 0 Å². The summed E-state index contributed by atoms with van der Waals surface area (Å²) >= 11 is 0. The minimum Gasteiger partial charge on any atom is -0.369 e. The molecule has 1 saturated carbocycles. The van der Waals surface area contributed by atoms with Gasteiger partial charge in [0.15, 0.2) is 0 Å². The number of rotatable bonds is 2. The van der Waals surface area contributed by atoms with Crippen LogP contribution in [0, 0.1) is 5.41 Å². The number of nitrogens with one attached hydrogen (secondary N) is 1. The van der Waals surface area contributed by atoms with Crippen molar-refractivity contribution < 1.29 is 4.79 Å². The molecular formula is C10H18N2O. The van der Waals surface area contributed by atoms with Gasteiger partial charge >= 0.3 is 0 Å². The number of carbonyl (C=O) groups excluding carboxylic acids is 1. The van der Waals surface area contributed by atoms with Crippen LogP contribution in [0.1, 0.15) is 38.5 Å². The summed E-state index contributed by atoms with van der Waals surface area (Å²) in [6, 6.07) is 0.368. The second-order valence-electron chi connectivity index (χ2n) is 4.38. The maximum Gasteiger partial charge on any atom is 0.225 e. The highest BCUT2D eigenvalue weighted by molar-refractivity contribution is 5.82. The second-order valence-corrected chi connectivity index (χ2v) is 4.38. The molecule has 0 bridgehead atoms. The lowest BCUT2D eigenvalue weighted by atomic mass is 9.62. The molecule has 13 heavy (non-hydrogen) atoms. The summed E-state index contributed by atoms with van der Waals surface area (Å²) in [6.45, 7) is 1.06. The minimum atomic E-state index is -0.180. The molecule has 74 valence electrons. The van der Waals surface area contributed by atoms with Gasteiger partial charge in [-0.05, 0) is 32.2 Å². The lowest BCUT2D eigenvalue weighted by Gasteiger charge is -2.47. The van der Waals surface area contributed by atoms with E-state index < -0.39 is 0 Å². The van der Waals surface area contributed by atoms with Gasteiger partial charge in [-0.2, -0.15) is 0 Å². The molecular weight excluding hydrogens is 164 g/mol. The Morgan fingerprint density at radius 1 is 1.31 bits per heavy atom. The van der Waals surface area contributed by atoms with E-state index in [1.165, 1.54) is 19.3 Å². The van der Waals surface area contributed by atoms with Crippen LogP contribution in [-0.4, -0.2) is 18.5 Å². The zero-order chi connectivity index (χ0) is 9.31. The van der Waals surface area contributed by atoms with Gasteiger partial charge in [0.05, 0.1) is 5.41 Å². The SMILES string of the molecule is NC(=O)C1(C2CCCCN2)CCC1. The number of primary amides is 1. The fourth-order valence-corrected chi connectivity index (χ4v) is 2.65. The van der Waals surface area contributed by atoms with E-state index in [0.717, 1.165) is 25.8 Å².